The molecular formula is C11H17N3O2. The van der Waals surface area contributed by atoms with E-state index in [1.165, 1.54) is 0 Å². The van der Waals surface area contributed by atoms with Gasteiger partial charge in [-0.3, -0.25) is 14.9 Å². The molecule has 1 unspecified atom stereocenters. The van der Waals surface area contributed by atoms with Crippen LogP contribution in [-0.2, 0) is 9.59 Å². The van der Waals surface area contributed by atoms with Crippen molar-refractivity contribution in [1.29, 1.82) is 5.26 Å². The Balaban J connectivity index is 2.78. The van der Waals surface area contributed by atoms with Gasteiger partial charge in [0, 0.05) is 12.0 Å². The number of rotatable bonds is 1. The highest BCUT2D eigenvalue weighted by atomic mass is 16.2. The molecule has 1 heterocycles. The maximum atomic E-state index is 12.0. The molecule has 1 aliphatic heterocycles. The first-order valence-electron chi connectivity index (χ1n) is 5.38. The van der Waals surface area contributed by atoms with Gasteiger partial charge in [-0.2, -0.15) is 5.26 Å². The fraction of sp³-hybridized carbons (Fsp3) is 0.727. The van der Waals surface area contributed by atoms with Crippen LogP contribution in [0.3, 0.4) is 0 Å². The van der Waals surface area contributed by atoms with Gasteiger partial charge in [-0.1, -0.05) is 20.8 Å². The molecule has 5 nitrogen and oxygen atoms in total. The lowest BCUT2D eigenvalue weighted by atomic mass is 9.94. The fourth-order valence-corrected chi connectivity index (χ4v) is 1.85. The molecule has 1 saturated heterocycles. The van der Waals surface area contributed by atoms with E-state index in [9.17, 15) is 9.59 Å². The van der Waals surface area contributed by atoms with E-state index in [0.29, 0.717) is 13.0 Å². The van der Waals surface area contributed by atoms with Crippen molar-refractivity contribution in [2.24, 2.45) is 5.41 Å². The average Bonchev–Trinajstić information content (AvgIpc) is 2.63. The van der Waals surface area contributed by atoms with Crippen molar-refractivity contribution >= 4 is 11.8 Å². The molecule has 0 aromatic carbocycles. The largest absolute Gasteiger partial charge is 0.330 e. The molecule has 1 rings (SSSR count). The highest BCUT2D eigenvalue weighted by Gasteiger charge is 2.38. The van der Waals surface area contributed by atoms with Crippen molar-refractivity contribution in [3.05, 3.63) is 0 Å². The first-order chi connectivity index (χ1) is 7.38. The summed E-state index contributed by atoms with van der Waals surface area (Å²) in [6, 6.07) is -0.480. The highest BCUT2D eigenvalue weighted by molar-refractivity contribution is 5.90. The molecule has 0 saturated carbocycles. The molecule has 0 radical (unpaired) electrons. The number of hydrogen-bond donors (Lipinski definition) is 1. The third-order valence-corrected chi connectivity index (χ3v) is 2.64. The van der Waals surface area contributed by atoms with Crippen LogP contribution >= 0.6 is 0 Å². The van der Waals surface area contributed by atoms with Gasteiger partial charge in [-0.25, -0.2) is 0 Å². The van der Waals surface area contributed by atoms with E-state index in [1.54, 1.807) is 11.1 Å². The summed E-state index contributed by atoms with van der Waals surface area (Å²) >= 11 is 0. The number of likely N-dealkylation sites (tertiary alicyclic amines) is 1. The summed E-state index contributed by atoms with van der Waals surface area (Å²) in [5.74, 6) is -0.416. The zero-order valence-corrected chi connectivity index (χ0v) is 9.91. The molecule has 88 valence electrons. The minimum atomic E-state index is -0.491. The van der Waals surface area contributed by atoms with Crippen molar-refractivity contribution in [1.82, 2.24) is 10.2 Å². The van der Waals surface area contributed by atoms with Crippen molar-refractivity contribution in [2.75, 3.05) is 6.54 Å². The summed E-state index contributed by atoms with van der Waals surface area (Å²) in [5.41, 5.74) is -0.491. The highest BCUT2D eigenvalue weighted by Crippen LogP contribution is 2.25. The number of nitrogens with one attached hydrogen (secondary N) is 1. The summed E-state index contributed by atoms with van der Waals surface area (Å²) in [4.78, 5) is 25.2. The number of carbonyl (C=O) groups is 2. The molecule has 0 aromatic rings. The zero-order valence-electron chi connectivity index (χ0n) is 9.91. The second-order valence-electron chi connectivity index (χ2n) is 5.01. The monoisotopic (exact) mass is 223 g/mol. The zero-order chi connectivity index (χ0) is 12.3. The third-order valence-electron chi connectivity index (χ3n) is 2.64. The number of nitrogens with zero attached hydrogens (tertiary/aromatic N) is 2. The molecule has 1 atom stereocenters. The lowest BCUT2D eigenvalue weighted by Crippen LogP contribution is -2.48. The van der Waals surface area contributed by atoms with E-state index < -0.39 is 11.5 Å². The molecule has 1 N–H and O–H groups in total. The smallest absolute Gasteiger partial charge is 0.255 e. The average molecular weight is 223 g/mol. The van der Waals surface area contributed by atoms with Crippen LogP contribution in [0.15, 0.2) is 0 Å². The molecule has 0 aliphatic carbocycles. The van der Waals surface area contributed by atoms with Crippen molar-refractivity contribution in [2.45, 2.75) is 39.7 Å². The SMILES string of the molecule is CC(C)(C)C(=O)N1CCCC1C(=O)NC#N. The predicted octanol–water partition coefficient (Wildman–Crippen LogP) is 0.621. The summed E-state index contributed by atoms with van der Waals surface area (Å²) in [6.45, 7) is 6.08. The first-order valence-corrected chi connectivity index (χ1v) is 5.38. The normalized spacial score (nSPS) is 20.4. The fourth-order valence-electron chi connectivity index (χ4n) is 1.85. The van der Waals surface area contributed by atoms with Crippen molar-refractivity contribution in [3.63, 3.8) is 0 Å². The number of hydrogen-bond acceptors (Lipinski definition) is 3. The van der Waals surface area contributed by atoms with E-state index >= 15 is 0 Å². The molecule has 16 heavy (non-hydrogen) atoms. The molecule has 0 spiro atoms. The summed E-state index contributed by atoms with van der Waals surface area (Å²) in [5, 5.41) is 10.5. The maximum absolute atomic E-state index is 12.0. The lowest BCUT2D eigenvalue weighted by Gasteiger charge is -2.29. The molecular weight excluding hydrogens is 206 g/mol. The van der Waals surface area contributed by atoms with Gasteiger partial charge in [-0.15, -0.1) is 0 Å². The Labute approximate surface area is 95.4 Å². The van der Waals surface area contributed by atoms with Crippen LogP contribution in [0, 0.1) is 16.9 Å². The Morgan fingerprint density at radius 3 is 2.56 bits per heavy atom. The Kier molecular flexibility index (Phi) is 3.53. The standard InChI is InChI=1S/C11H17N3O2/c1-11(2,3)10(16)14-6-4-5-8(14)9(15)13-7-12/h8H,4-6H2,1-3H3,(H,13,15). The van der Waals surface area contributed by atoms with Crippen LogP contribution < -0.4 is 5.32 Å². The van der Waals surface area contributed by atoms with Gasteiger partial charge in [0.2, 0.25) is 5.91 Å². The van der Waals surface area contributed by atoms with Crippen LogP contribution in [0.25, 0.3) is 0 Å². The second kappa shape index (κ2) is 4.52. The van der Waals surface area contributed by atoms with Gasteiger partial charge < -0.3 is 4.90 Å². The summed E-state index contributed by atoms with van der Waals surface area (Å²) in [7, 11) is 0. The number of nitriles is 1. The van der Waals surface area contributed by atoms with E-state index in [1.807, 2.05) is 20.8 Å². The van der Waals surface area contributed by atoms with Crippen LogP contribution in [0.4, 0.5) is 0 Å². The van der Waals surface area contributed by atoms with Crippen molar-refractivity contribution in [3.8, 4) is 6.19 Å². The Morgan fingerprint density at radius 1 is 1.44 bits per heavy atom. The van der Waals surface area contributed by atoms with E-state index in [4.69, 9.17) is 5.26 Å². The molecule has 0 aromatic heterocycles. The quantitative estimate of drug-likeness (QED) is 0.523. The molecule has 2 amide bonds. The van der Waals surface area contributed by atoms with Gasteiger partial charge >= 0.3 is 0 Å². The van der Waals surface area contributed by atoms with Gasteiger partial charge in [-0.05, 0) is 12.8 Å². The van der Waals surface area contributed by atoms with Gasteiger partial charge in [0.25, 0.3) is 5.91 Å². The number of carbonyl (C=O) groups excluding carboxylic acids is 2. The topological polar surface area (TPSA) is 73.2 Å². The molecule has 1 aliphatic rings. The second-order valence-corrected chi connectivity index (χ2v) is 5.01. The number of amides is 2. The first kappa shape index (κ1) is 12.5. The summed E-state index contributed by atoms with van der Waals surface area (Å²) in [6.07, 6.45) is 3.05. The Morgan fingerprint density at radius 2 is 2.06 bits per heavy atom. The van der Waals surface area contributed by atoms with Gasteiger partial charge in [0.05, 0.1) is 0 Å². The minimum Gasteiger partial charge on any atom is -0.330 e. The van der Waals surface area contributed by atoms with E-state index in [0.717, 1.165) is 6.42 Å². The molecule has 5 heteroatoms. The maximum Gasteiger partial charge on any atom is 0.255 e. The summed E-state index contributed by atoms with van der Waals surface area (Å²) < 4.78 is 0. The molecule has 0 bridgehead atoms. The third kappa shape index (κ3) is 2.51. The van der Waals surface area contributed by atoms with Gasteiger partial charge in [0.1, 0.15) is 6.04 Å². The lowest BCUT2D eigenvalue weighted by molar-refractivity contribution is -0.144. The van der Waals surface area contributed by atoms with Crippen LogP contribution in [-0.4, -0.2) is 29.3 Å². The van der Waals surface area contributed by atoms with Crippen LogP contribution in [0.5, 0.6) is 0 Å². The minimum absolute atomic E-state index is 0.0388. The van der Waals surface area contributed by atoms with E-state index in [-0.39, 0.29) is 11.8 Å². The predicted molar refractivity (Wildman–Crippen MR) is 57.9 cm³/mol. The Hall–Kier alpha value is -1.57. The Bertz CT molecular complexity index is 338. The van der Waals surface area contributed by atoms with E-state index in [2.05, 4.69) is 5.32 Å². The van der Waals surface area contributed by atoms with Gasteiger partial charge in [0.15, 0.2) is 6.19 Å². The molecule has 1 fully saturated rings. The van der Waals surface area contributed by atoms with Crippen molar-refractivity contribution < 1.29 is 9.59 Å². The van der Waals surface area contributed by atoms with Crippen LogP contribution in [0.1, 0.15) is 33.6 Å². The van der Waals surface area contributed by atoms with Crippen LogP contribution in [0.2, 0.25) is 0 Å².